The highest BCUT2D eigenvalue weighted by molar-refractivity contribution is 7.15. The zero-order chi connectivity index (χ0) is 17.9. The van der Waals surface area contributed by atoms with Crippen LogP contribution in [0.25, 0.3) is 0 Å². The van der Waals surface area contributed by atoms with Crippen molar-refractivity contribution in [3.63, 3.8) is 0 Å². The van der Waals surface area contributed by atoms with Crippen LogP contribution < -0.4 is 5.32 Å². The molecular formula is C19H21N5OS. The summed E-state index contributed by atoms with van der Waals surface area (Å²) in [4.78, 5) is 22.4. The lowest BCUT2D eigenvalue weighted by Gasteiger charge is -2.25. The molecule has 0 aliphatic carbocycles. The molecule has 0 unspecified atom stereocenters. The lowest BCUT2D eigenvalue weighted by Crippen LogP contribution is -2.29. The first-order valence-electron chi connectivity index (χ1n) is 8.91. The van der Waals surface area contributed by atoms with Gasteiger partial charge in [-0.1, -0.05) is 30.3 Å². The zero-order valence-electron chi connectivity index (χ0n) is 14.5. The number of carbonyl (C=O) groups excluding carboxylic acids is 1. The Morgan fingerprint density at radius 1 is 1.35 bits per heavy atom. The number of carbonyl (C=O) groups is 1. The molecule has 2 aliphatic rings. The van der Waals surface area contributed by atoms with Crippen LogP contribution >= 0.6 is 11.3 Å². The second-order valence-corrected chi connectivity index (χ2v) is 7.94. The van der Waals surface area contributed by atoms with Crippen molar-refractivity contribution >= 4 is 22.4 Å². The molecule has 4 rings (SSSR count). The Balaban J connectivity index is 1.37. The number of likely N-dealkylation sites (tertiary alicyclic amines) is 1. The number of anilines is 1. The van der Waals surface area contributed by atoms with Gasteiger partial charge in [-0.15, -0.1) is 11.3 Å². The normalized spacial score (nSPS) is 19.8. The van der Waals surface area contributed by atoms with E-state index in [0.29, 0.717) is 18.2 Å². The van der Waals surface area contributed by atoms with E-state index in [-0.39, 0.29) is 11.8 Å². The summed E-state index contributed by atoms with van der Waals surface area (Å²) in [7, 11) is 0. The fourth-order valence-electron chi connectivity index (χ4n) is 3.56. The molecule has 2 aliphatic heterocycles. The van der Waals surface area contributed by atoms with E-state index >= 15 is 0 Å². The number of hydrogen-bond acceptors (Lipinski definition) is 6. The van der Waals surface area contributed by atoms with Gasteiger partial charge in [0.25, 0.3) is 0 Å². The second-order valence-electron chi connectivity index (χ2n) is 6.86. The van der Waals surface area contributed by atoms with Gasteiger partial charge in [0, 0.05) is 37.6 Å². The Morgan fingerprint density at radius 3 is 2.96 bits per heavy atom. The van der Waals surface area contributed by atoms with E-state index in [9.17, 15) is 4.79 Å². The number of aromatic nitrogens is 1. The summed E-state index contributed by atoms with van der Waals surface area (Å²) < 4.78 is 0. The molecule has 134 valence electrons. The number of rotatable bonds is 4. The summed E-state index contributed by atoms with van der Waals surface area (Å²) in [5.74, 6) is -0.139. The third kappa shape index (κ3) is 3.71. The Kier molecular flexibility index (Phi) is 4.87. The Bertz CT molecular complexity index is 828. The standard InChI is InChI=1S/C19H21N5OS/c20-13-24-8-6-15(11-24)18(25)22-19-21-16-12-23(9-7-17(16)26-19)10-14-4-2-1-3-5-14/h1-5,15H,6-12H2,(H,21,22,25)/t15-/m0/s1. The molecule has 0 spiro atoms. The lowest BCUT2D eigenvalue weighted by molar-refractivity contribution is -0.119. The van der Waals surface area contributed by atoms with Gasteiger partial charge in [0.1, 0.15) is 0 Å². The van der Waals surface area contributed by atoms with Gasteiger partial charge in [-0.25, -0.2) is 4.98 Å². The fraction of sp³-hybridized carbons (Fsp3) is 0.421. The molecule has 1 saturated heterocycles. The van der Waals surface area contributed by atoms with Crippen molar-refractivity contribution < 1.29 is 4.79 Å². The number of thiazole rings is 1. The number of benzene rings is 1. The molecule has 1 fully saturated rings. The first kappa shape index (κ1) is 17.0. The summed E-state index contributed by atoms with van der Waals surface area (Å²) in [5.41, 5.74) is 2.39. The topological polar surface area (TPSA) is 72.3 Å². The Labute approximate surface area is 157 Å². The van der Waals surface area contributed by atoms with E-state index in [1.807, 2.05) is 6.07 Å². The lowest BCUT2D eigenvalue weighted by atomic mass is 10.1. The predicted octanol–water partition coefficient (Wildman–Crippen LogP) is 2.44. The zero-order valence-corrected chi connectivity index (χ0v) is 15.3. The summed E-state index contributed by atoms with van der Waals surface area (Å²) in [5, 5.41) is 12.6. The van der Waals surface area contributed by atoms with Crippen LogP contribution in [0.5, 0.6) is 0 Å². The van der Waals surface area contributed by atoms with E-state index in [0.717, 1.165) is 38.2 Å². The number of nitrogens with one attached hydrogen (secondary N) is 1. The average molecular weight is 367 g/mol. The summed E-state index contributed by atoms with van der Waals surface area (Å²) >= 11 is 1.59. The number of nitriles is 1. The first-order chi connectivity index (χ1) is 12.7. The third-order valence-electron chi connectivity index (χ3n) is 4.99. The van der Waals surface area contributed by atoms with Gasteiger partial charge in [-0.05, 0) is 18.4 Å². The van der Waals surface area contributed by atoms with Crippen LogP contribution in [0, 0.1) is 17.4 Å². The fourth-order valence-corrected chi connectivity index (χ4v) is 4.52. The highest BCUT2D eigenvalue weighted by Gasteiger charge is 2.29. The summed E-state index contributed by atoms with van der Waals surface area (Å²) in [6.45, 7) is 3.93. The molecule has 1 aromatic carbocycles. The molecule has 7 heteroatoms. The first-order valence-corrected chi connectivity index (χ1v) is 9.73. The van der Waals surface area contributed by atoms with Crippen LogP contribution in [0.4, 0.5) is 5.13 Å². The highest BCUT2D eigenvalue weighted by Crippen LogP contribution is 2.29. The van der Waals surface area contributed by atoms with Gasteiger partial charge < -0.3 is 10.2 Å². The van der Waals surface area contributed by atoms with E-state index in [1.165, 1.54) is 10.4 Å². The quantitative estimate of drug-likeness (QED) is 0.841. The highest BCUT2D eigenvalue weighted by atomic mass is 32.1. The van der Waals surface area contributed by atoms with Crippen LogP contribution in [-0.4, -0.2) is 40.3 Å². The van der Waals surface area contributed by atoms with Crippen LogP contribution in [0.3, 0.4) is 0 Å². The number of fused-ring (bicyclic) bond motifs is 1. The maximum atomic E-state index is 12.4. The Hall–Kier alpha value is -2.43. The van der Waals surface area contributed by atoms with Crippen molar-refractivity contribution in [2.24, 2.45) is 5.92 Å². The molecule has 2 aromatic rings. The van der Waals surface area contributed by atoms with Gasteiger partial charge >= 0.3 is 0 Å². The van der Waals surface area contributed by atoms with Gasteiger partial charge in [0.2, 0.25) is 5.91 Å². The maximum Gasteiger partial charge on any atom is 0.231 e. The van der Waals surface area contributed by atoms with E-state index in [2.05, 4.69) is 45.7 Å². The van der Waals surface area contributed by atoms with Crippen LogP contribution in [0.15, 0.2) is 30.3 Å². The van der Waals surface area contributed by atoms with Gasteiger partial charge in [0.05, 0.1) is 11.6 Å². The van der Waals surface area contributed by atoms with E-state index in [4.69, 9.17) is 5.26 Å². The monoisotopic (exact) mass is 367 g/mol. The van der Waals surface area contributed by atoms with Crippen LogP contribution in [-0.2, 0) is 24.3 Å². The molecule has 1 amide bonds. The minimum absolute atomic E-state index is 0.0185. The molecular weight excluding hydrogens is 346 g/mol. The molecule has 0 radical (unpaired) electrons. The third-order valence-corrected chi connectivity index (χ3v) is 6.06. The molecule has 6 nitrogen and oxygen atoms in total. The average Bonchev–Trinajstić information content (AvgIpc) is 3.28. The van der Waals surface area contributed by atoms with Crippen molar-refractivity contribution in [3.8, 4) is 6.19 Å². The van der Waals surface area contributed by atoms with Crippen LogP contribution in [0.1, 0.15) is 22.6 Å². The van der Waals surface area contributed by atoms with Gasteiger partial charge in [0.15, 0.2) is 11.3 Å². The molecule has 1 aromatic heterocycles. The molecule has 1 N–H and O–H groups in total. The predicted molar refractivity (Wildman–Crippen MR) is 100 cm³/mol. The number of amides is 1. The van der Waals surface area contributed by atoms with Crippen molar-refractivity contribution in [2.45, 2.75) is 25.9 Å². The summed E-state index contributed by atoms with van der Waals surface area (Å²) in [6, 6.07) is 10.5. The van der Waals surface area contributed by atoms with Crippen LogP contribution in [0.2, 0.25) is 0 Å². The van der Waals surface area contributed by atoms with Crippen molar-refractivity contribution in [2.75, 3.05) is 25.0 Å². The number of hydrogen-bond donors (Lipinski definition) is 1. The smallest absolute Gasteiger partial charge is 0.231 e. The Morgan fingerprint density at radius 2 is 2.19 bits per heavy atom. The van der Waals surface area contributed by atoms with E-state index in [1.54, 1.807) is 16.2 Å². The minimum Gasteiger partial charge on any atom is -0.310 e. The van der Waals surface area contributed by atoms with Crippen molar-refractivity contribution in [1.29, 1.82) is 5.26 Å². The molecule has 0 saturated carbocycles. The van der Waals surface area contributed by atoms with Gasteiger partial charge in [-0.3, -0.25) is 9.69 Å². The summed E-state index contributed by atoms with van der Waals surface area (Å²) in [6.07, 6.45) is 3.82. The van der Waals surface area contributed by atoms with E-state index < -0.39 is 0 Å². The minimum atomic E-state index is -0.120. The molecule has 3 heterocycles. The molecule has 26 heavy (non-hydrogen) atoms. The maximum absolute atomic E-state index is 12.4. The van der Waals surface area contributed by atoms with Crippen molar-refractivity contribution in [1.82, 2.24) is 14.8 Å². The van der Waals surface area contributed by atoms with Crippen molar-refractivity contribution in [3.05, 3.63) is 46.5 Å². The molecule has 1 atom stereocenters. The largest absolute Gasteiger partial charge is 0.310 e. The van der Waals surface area contributed by atoms with Gasteiger partial charge in [-0.2, -0.15) is 5.26 Å². The molecule has 0 bridgehead atoms. The number of nitrogens with zero attached hydrogens (tertiary/aromatic N) is 4. The SMILES string of the molecule is N#CN1CC[C@H](C(=O)Nc2nc3c(s2)CCN(Cc2ccccc2)C3)C1. The second kappa shape index (κ2) is 7.44.